The summed E-state index contributed by atoms with van der Waals surface area (Å²) in [7, 11) is 0. The Morgan fingerprint density at radius 2 is 2.37 bits per heavy atom. The van der Waals surface area contributed by atoms with E-state index < -0.39 is 0 Å². The van der Waals surface area contributed by atoms with Gasteiger partial charge in [-0.05, 0) is 12.8 Å². The lowest BCUT2D eigenvalue weighted by Crippen LogP contribution is -2.34. The lowest BCUT2D eigenvalue weighted by molar-refractivity contribution is -0.129. The lowest BCUT2D eigenvalue weighted by Gasteiger charge is -2.15. The average molecular weight is 262 g/mol. The SMILES string of the molecule is O=C(NCCc1ncc[nH]1)C1CC(=O)N(C2CC2)C1. The largest absolute Gasteiger partial charge is 0.355 e. The maximum absolute atomic E-state index is 12.0. The lowest BCUT2D eigenvalue weighted by atomic mass is 10.1. The summed E-state index contributed by atoms with van der Waals surface area (Å²) < 4.78 is 0. The van der Waals surface area contributed by atoms with E-state index >= 15 is 0 Å². The molecular weight excluding hydrogens is 244 g/mol. The fourth-order valence-electron chi connectivity index (χ4n) is 2.53. The van der Waals surface area contributed by atoms with Crippen molar-refractivity contribution in [3.8, 4) is 0 Å². The number of carbonyl (C=O) groups is 2. The molecule has 6 nitrogen and oxygen atoms in total. The zero-order valence-corrected chi connectivity index (χ0v) is 10.8. The highest BCUT2D eigenvalue weighted by atomic mass is 16.2. The van der Waals surface area contributed by atoms with Gasteiger partial charge in [-0.15, -0.1) is 0 Å². The highest BCUT2D eigenvalue weighted by Gasteiger charge is 2.41. The van der Waals surface area contributed by atoms with Crippen LogP contribution in [0.4, 0.5) is 0 Å². The number of nitrogens with zero attached hydrogens (tertiary/aromatic N) is 2. The summed E-state index contributed by atoms with van der Waals surface area (Å²) in [6.07, 6.45) is 6.70. The molecule has 2 fully saturated rings. The molecule has 2 N–H and O–H groups in total. The fourth-order valence-corrected chi connectivity index (χ4v) is 2.53. The van der Waals surface area contributed by atoms with E-state index in [9.17, 15) is 9.59 Å². The standard InChI is InChI=1S/C13H18N4O2/c18-12-7-9(8-17(12)10-1-2-10)13(19)16-4-3-11-14-5-6-15-11/h5-6,9-10H,1-4,7-8H2,(H,14,15)(H,16,19). The zero-order valence-electron chi connectivity index (χ0n) is 10.8. The van der Waals surface area contributed by atoms with E-state index in [0.717, 1.165) is 18.7 Å². The first-order valence-corrected chi connectivity index (χ1v) is 6.79. The molecule has 1 unspecified atom stereocenters. The first-order chi connectivity index (χ1) is 9.24. The summed E-state index contributed by atoms with van der Waals surface area (Å²) in [5.74, 6) is 0.809. The molecule has 6 heteroatoms. The van der Waals surface area contributed by atoms with Gasteiger partial charge in [-0.3, -0.25) is 9.59 Å². The summed E-state index contributed by atoms with van der Waals surface area (Å²) in [6.45, 7) is 1.15. The number of carbonyl (C=O) groups excluding carboxylic acids is 2. The van der Waals surface area contributed by atoms with Crippen molar-refractivity contribution in [1.82, 2.24) is 20.2 Å². The maximum atomic E-state index is 12.0. The minimum atomic E-state index is -0.176. The van der Waals surface area contributed by atoms with Gasteiger partial charge in [0.2, 0.25) is 11.8 Å². The molecule has 1 aromatic rings. The number of aromatic amines is 1. The molecule has 1 aliphatic heterocycles. The van der Waals surface area contributed by atoms with Crippen molar-refractivity contribution in [2.75, 3.05) is 13.1 Å². The second kappa shape index (κ2) is 5.03. The van der Waals surface area contributed by atoms with Crippen LogP contribution in [0, 0.1) is 5.92 Å². The number of aromatic nitrogens is 2. The van der Waals surface area contributed by atoms with E-state index in [1.54, 1.807) is 12.4 Å². The second-order valence-electron chi connectivity index (χ2n) is 5.26. The van der Waals surface area contributed by atoms with Gasteiger partial charge in [-0.25, -0.2) is 4.98 Å². The van der Waals surface area contributed by atoms with Crippen molar-refractivity contribution in [3.05, 3.63) is 18.2 Å². The van der Waals surface area contributed by atoms with Crippen LogP contribution in [0.25, 0.3) is 0 Å². The molecule has 1 saturated heterocycles. The first kappa shape index (κ1) is 12.2. The van der Waals surface area contributed by atoms with E-state index in [0.29, 0.717) is 32.0 Å². The van der Waals surface area contributed by atoms with E-state index in [-0.39, 0.29) is 17.7 Å². The Morgan fingerprint density at radius 1 is 1.53 bits per heavy atom. The number of likely N-dealkylation sites (tertiary alicyclic amines) is 1. The number of hydrogen-bond acceptors (Lipinski definition) is 3. The van der Waals surface area contributed by atoms with E-state index in [4.69, 9.17) is 0 Å². The Hall–Kier alpha value is -1.85. The topological polar surface area (TPSA) is 78.1 Å². The monoisotopic (exact) mass is 262 g/mol. The van der Waals surface area contributed by atoms with Gasteiger partial charge in [0, 0.05) is 44.4 Å². The Labute approximate surface area is 111 Å². The molecule has 0 aromatic carbocycles. The molecule has 1 saturated carbocycles. The summed E-state index contributed by atoms with van der Waals surface area (Å²) >= 11 is 0. The summed E-state index contributed by atoms with van der Waals surface area (Å²) in [6, 6.07) is 0.411. The van der Waals surface area contributed by atoms with Crippen LogP contribution in [-0.2, 0) is 16.0 Å². The molecule has 3 rings (SSSR count). The van der Waals surface area contributed by atoms with Crippen molar-refractivity contribution >= 4 is 11.8 Å². The van der Waals surface area contributed by atoms with Gasteiger partial charge in [-0.2, -0.15) is 0 Å². The first-order valence-electron chi connectivity index (χ1n) is 6.79. The predicted molar refractivity (Wildman–Crippen MR) is 68.1 cm³/mol. The molecule has 1 aromatic heterocycles. The van der Waals surface area contributed by atoms with Crippen molar-refractivity contribution in [1.29, 1.82) is 0 Å². The van der Waals surface area contributed by atoms with Gasteiger partial charge in [-0.1, -0.05) is 0 Å². The van der Waals surface area contributed by atoms with Crippen LogP contribution < -0.4 is 5.32 Å². The van der Waals surface area contributed by atoms with Gasteiger partial charge in [0.1, 0.15) is 5.82 Å². The van der Waals surface area contributed by atoms with E-state index in [1.165, 1.54) is 0 Å². The van der Waals surface area contributed by atoms with Gasteiger partial charge in [0.05, 0.1) is 5.92 Å². The fraction of sp³-hybridized carbons (Fsp3) is 0.615. The molecule has 0 spiro atoms. The smallest absolute Gasteiger partial charge is 0.225 e. The quantitative estimate of drug-likeness (QED) is 0.789. The third kappa shape index (κ3) is 2.77. The van der Waals surface area contributed by atoms with Crippen LogP contribution in [-0.4, -0.2) is 45.8 Å². The van der Waals surface area contributed by atoms with Crippen LogP contribution >= 0.6 is 0 Å². The second-order valence-corrected chi connectivity index (χ2v) is 5.26. The van der Waals surface area contributed by atoms with E-state index in [1.807, 2.05) is 4.90 Å². The van der Waals surface area contributed by atoms with Gasteiger partial charge in [0.25, 0.3) is 0 Å². The summed E-state index contributed by atoms with van der Waals surface area (Å²) in [4.78, 5) is 32.7. The molecule has 19 heavy (non-hydrogen) atoms. The number of H-pyrrole nitrogens is 1. The molecule has 2 heterocycles. The molecular formula is C13H18N4O2. The number of hydrogen-bond donors (Lipinski definition) is 2. The highest BCUT2D eigenvalue weighted by molar-refractivity contribution is 5.89. The van der Waals surface area contributed by atoms with Crippen LogP contribution in [0.3, 0.4) is 0 Å². The number of amides is 2. The van der Waals surface area contributed by atoms with Crippen molar-refractivity contribution < 1.29 is 9.59 Å². The predicted octanol–water partition coefficient (Wildman–Crippen LogP) is 0.0793. The molecule has 102 valence electrons. The average Bonchev–Trinajstić information content (AvgIpc) is 2.96. The highest BCUT2D eigenvalue weighted by Crippen LogP contribution is 2.32. The van der Waals surface area contributed by atoms with Crippen LogP contribution in [0.2, 0.25) is 0 Å². The molecule has 0 bridgehead atoms. The van der Waals surface area contributed by atoms with Gasteiger partial charge in [0.15, 0.2) is 0 Å². The van der Waals surface area contributed by atoms with Crippen LogP contribution in [0.5, 0.6) is 0 Å². The van der Waals surface area contributed by atoms with Crippen LogP contribution in [0.1, 0.15) is 25.1 Å². The van der Waals surface area contributed by atoms with Gasteiger partial charge >= 0.3 is 0 Å². The summed E-state index contributed by atoms with van der Waals surface area (Å²) in [5.41, 5.74) is 0. The minimum Gasteiger partial charge on any atom is -0.355 e. The Balaban J connectivity index is 1.44. The third-order valence-electron chi connectivity index (χ3n) is 3.73. The zero-order chi connectivity index (χ0) is 13.2. The van der Waals surface area contributed by atoms with Crippen molar-refractivity contribution in [2.45, 2.75) is 31.7 Å². The third-order valence-corrected chi connectivity index (χ3v) is 3.73. The molecule has 2 amide bonds. The Bertz CT molecular complexity index is 467. The normalized spacial score (nSPS) is 22.8. The van der Waals surface area contributed by atoms with Crippen LogP contribution in [0.15, 0.2) is 12.4 Å². The van der Waals surface area contributed by atoms with E-state index in [2.05, 4.69) is 15.3 Å². The van der Waals surface area contributed by atoms with Crippen molar-refractivity contribution in [2.24, 2.45) is 5.92 Å². The molecule has 2 aliphatic rings. The summed E-state index contributed by atoms with van der Waals surface area (Å²) in [5, 5.41) is 2.89. The minimum absolute atomic E-state index is 0.0111. The number of imidazole rings is 1. The maximum Gasteiger partial charge on any atom is 0.225 e. The molecule has 1 aliphatic carbocycles. The van der Waals surface area contributed by atoms with Crippen molar-refractivity contribution in [3.63, 3.8) is 0 Å². The Kier molecular flexibility index (Phi) is 3.23. The Morgan fingerprint density at radius 3 is 3.05 bits per heavy atom. The number of rotatable bonds is 5. The van der Waals surface area contributed by atoms with Gasteiger partial charge < -0.3 is 15.2 Å². The number of nitrogens with one attached hydrogen (secondary N) is 2. The molecule has 1 atom stereocenters. The molecule has 0 radical (unpaired) electrons.